The van der Waals surface area contributed by atoms with Crippen LogP contribution < -0.4 is 0 Å². The summed E-state index contributed by atoms with van der Waals surface area (Å²) < 4.78 is 0. The molecule has 4 nitrogen and oxygen atoms in total. The molecule has 1 atom stereocenters. The Labute approximate surface area is 156 Å². The lowest BCUT2D eigenvalue weighted by Gasteiger charge is -2.48. The van der Waals surface area contributed by atoms with Gasteiger partial charge in [-0.25, -0.2) is 0 Å². The number of carbonyl (C=O) groups is 1. The zero-order valence-corrected chi connectivity index (χ0v) is 16.3. The van der Waals surface area contributed by atoms with Crippen LogP contribution in [0.4, 0.5) is 0 Å². The van der Waals surface area contributed by atoms with Crippen molar-refractivity contribution < 1.29 is 4.79 Å². The number of hydrogen-bond acceptors (Lipinski definition) is 4. The predicted molar refractivity (Wildman–Crippen MR) is 105 cm³/mol. The molecule has 1 amide bonds. The van der Waals surface area contributed by atoms with Gasteiger partial charge in [0, 0.05) is 62.1 Å². The standard InChI is InChI=1S/C20H31N3OS/c1-2-25-15-14-22-12-5-9-20(16-22)10-7-19(24)23(17-20)13-8-18-6-3-4-11-21-18/h3-4,6,11H,2,5,7-10,12-17H2,1H3. The molecule has 3 rings (SSSR count). The SMILES string of the molecule is CCSCCN1CCCC2(CCC(=O)N(CCc3ccccn3)C2)C1. The number of piperidine rings is 2. The van der Waals surface area contributed by atoms with Gasteiger partial charge in [-0.05, 0) is 43.7 Å². The Morgan fingerprint density at radius 3 is 2.96 bits per heavy atom. The zero-order chi connectivity index (χ0) is 17.5. The van der Waals surface area contributed by atoms with E-state index in [0.29, 0.717) is 11.3 Å². The van der Waals surface area contributed by atoms with E-state index >= 15 is 0 Å². The number of rotatable bonds is 7. The molecule has 3 heterocycles. The second-order valence-corrected chi connectivity index (χ2v) is 8.86. The van der Waals surface area contributed by atoms with Crippen LogP contribution in [-0.2, 0) is 11.2 Å². The Balaban J connectivity index is 1.56. The smallest absolute Gasteiger partial charge is 0.222 e. The predicted octanol–water partition coefficient (Wildman–Crippen LogP) is 3.08. The summed E-state index contributed by atoms with van der Waals surface area (Å²) in [5.74, 6) is 2.77. The van der Waals surface area contributed by atoms with Crippen molar-refractivity contribution in [2.45, 2.75) is 39.0 Å². The molecule has 2 aliphatic rings. The van der Waals surface area contributed by atoms with Crippen molar-refractivity contribution in [1.29, 1.82) is 0 Å². The summed E-state index contributed by atoms with van der Waals surface area (Å²) in [7, 11) is 0. The van der Waals surface area contributed by atoms with Crippen LogP contribution in [-0.4, -0.2) is 64.9 Å². The average Bonchev–Trinajstić information content (AvgIpc) is 2.64. The quantitative estimate of drug-likeness (QED) is 0.699. The number of likely N-dealkylation sites (tertiary alicyclic amines) is 2. The van der Waals surface area contributed by atoms with E-state index in [1.807, 2.05) is 30.1 Å². The van der Waals surface area contributed by atoms with E-state index in [2.05, 4.69) is 27.8 Å². The molecule has 5 heteroatoms. The number of hydrogen-bond donors (Lipinski definition) is 0. The van der Waals surface area contributed by atoms with Crippen molar-refractivity contribution in [3.8, 4) is 0 Å². The number of pyridine rings is 1. The molecule has 0 N–H and O–H groups in total. The first-order valence-electron chi connectivity index (χ1n) is 9.69. The fourth-order valence-electron chi connectivity index (χ4n) is 4.27. The third-order valence-corrected chi connectivity index (χ3v) is 6.49. The van der Waals surface area contributed by atoms with Crippen molar-refractivity contribution in [2.24, 2.45) is 5.41 Å². The van der Waals surface area contributed by atoms with Crippen LogP contribution in [0.1, 0.15) is 38.3 Å². The number of thioether (sulfide) groups is 1. The molecule has 0 bridgehead atoms. The molecule has 0 aliphatic carbocycles. The van der Waals surface area contributed by atoms with E-state index in [4.69, 9.17) is 0 Å². The van der Waals surface area contributed by atoms with Gasteiger partial charge in [-0.1, -0.05) is 13.0 Å². The highest BCUT2D eigenvalue weighted by atomic mass is 32.2. The lowest BCUT2D eigenvalue weighted by Crippen LogP contribution is -2.54. The second kappa shape index (κ2) is 9.04. The Bertz CT molecular complexity index is 553. The third kappa shape index (κ3) is 5.20. The maximum absolute atomic E-state index is 12.4. The van der Waals surface area contributed by atoms with E-state index < -0.39 is 0 Å². The Kier molecular flexibility index (Phi) is 6.77. The molecular formula is C20H31N3OS. The van der Waals surface area contributed by atoms with E-state index in [0.717, 1.165) is 38.0 Å². The molecular weight excluding hydrogens is 330 g/mol. The van der Waals surface area contributed by atoms with Crippen LogP contribution in [0.15, 0.2) is 24.4 Å². The van der Waals surface area contributed by atoms with Gasteiger partial charge in [0.2, 0.25) is 5.91 Å². The number of aromatic nitrogens is 1. The topological polar surface area (TPSA) is 36.4 Å². The van der Waals surface area contributed by atoms with Crippen LogP contribution in [0.2, 0.25) is 0 Å². The molecule has 2 fully saturated rings. The average molecular weight is 362 g/mol. The highest BCUT2D eigenvalue weighted by Gasteiger charge is 2.41. The van der Waals surface area contributed by atoms with Crippen molar-refractivity contribution >= 4 is 17.7 Å². The minimum absolute atomic E-state index is 0.327. The first kappa shape index (κ1) is 18.7. The minimum atomic E-state index is 0.327. The first-order chi connectivity index (χ1) is 12.2. The lowest BCUT2D eigenvalue weighted by atomic mass is 9.73. The maximum Gasteiger partial charge on any atom is 0.222 e. The minimum Gasteiger partial charge on any atom is -0.342 e. The molecule has 0 radical (unpaired) electrons. The van der Waals surface area contributed by atoms with E-state index in [1.54, 1.807) is 0 Å². The van der Waals surface area contributed by atoms with Gasteiger partial charge in [0.05, 0.1) is 0 Å². The summed E-state index contributed by atoms with van der Waals surface area (Å²) in [5.41, 5.74) is 1.41. The van der Waals surface area contributed by atoms with Gasteiger partial charge in [0.15, 0.2) is 0 Å². The van der Waals surface area contributed by atoms with Crippen molar-refractivity contribution in [3.05, 3.63) is 30.1 Å². The molecule has 2 aliphatic heterocycles. The van der Waals surface area contributed by atoms with Gasteiger partial charge < -0.3 is 9.80 Å². The van der Waals surface area contributed by atoms with Crippen molar-refractivity contribution in [2.75, 3.05) is 44.2 Å². The second-order valence-electron chi connectivity index (χ2n) is 7.46. The van der Waals surface area contributed by atoms with Gasteiger partial charge >= 0.3 is 0 Å². The fraction of sp³-hybridized carbons (Fsp3) is 0.700. The summed E-state index contributed by atoms with van der Waals surface area (Å²) in [6.45, 7) is 7.58. The molecule has 2 saturated heterocycles. The summed E-state index contributed by atoms with van der Waals surface area (Å²) in [5, 5.41) is 0. The number of carbonyl (C=O) groups excluding carboxylic acids is 1. The number of amides is 1. The Morgan fingerprint density at radius 1 is 1.24 bits per heavy atom. The van der Waals surface area contributed by atoms with Crippen LogP contribution in [0, 0.1) is 5.41 Å². The van der Waals surface area contributed by atoms with Crippen LogP contribution in [0.3, 0.4) is 0 Å². The Morgan fingerprint density at radius 2 is 2.16 bits per heavy atom. The van der Waals surface area contributed by atoms with E-state index in [1.165, 1.54) is 44.0 Å². The van der Waals surface area contributed by atoms with Crippen molar-refractivity contribution in [3.63, 3.8) is 0 Å². The van der Waals surface area contributed by atoms with Gasteiger partial charge in [-0.3, -0.25) is 9.78 Å². The van der Waals surface area contributed by atoms with Gasteiger partial charge in [0.1, 0.15) is 0 Å². The molecule has 1 unspecified atom stereocenters. The van der Waals surface area contributed by atoms with Crippen LogP contribution in [0.25, 0.3) is 0 Å². The summed E-state index contributed by atoms with van der Waals surface area (Å²) in [6, 6.07) is 6.02. The largest absolute Gasteiger partial charge is 0.342 e. The van der Waals surface area contributed by atoms with Gasteiger partial charge in [-0.2, -0.15) is 11.8 Å². The maximum atomic E-state index is 12.4. The summed E-state index contributed by atoms with van der Waals surface area (Å²) in [6.07, 6.45) is 7.04. The summed E-state index contributed by atoms with van der Waals surface area (Å²) >= 11 is 2.03. The molecule has 1 aromatic rings. The summed E-state index contributed by atoms with van der Waals surface area (Å²) in [4.78, 5) is 21.6. The van der Waals surface area contributed by atoms with E-state index in [-0.39, 0.29) is 0 Å². The normalized spacial score (nSPS) is 24.8. The Hall–Kier alpha value is -1.07. The molecule has 0 saturated carbocycles. The van der Waals surface area contributed by atoms with Crippen LogP contribution in [0.5, 0.6) is 0 Å². The molecule has 1 aromatic heterocycles. The molecule has 138 valence electrons. The molecule has 25 heavy (non-hydrogen) atoms. The molecule has 1 spiro atoms. The third-order valence-electron chi connectivity index (χ3n) is 5.61. The van der Waals surface area contributed by atoms with Gasteiger partial charge in [0.25, 0.3) is 0 Å². The van der Waals surface area contributed by atoms with Crippen LogP contribution >= 0.6 is 11.8 Å². The lowest BCUT2D eigenvalue weighted by molar-refractivity contribution is -0.139. The molecule has 0 aromatic carbocycles. The zero-order valence-electron chi connectivity index (χ0n) is 15.5. The monoisotopic (exact) mass is 361 g/mol. The fourth-order valence-corrected chi connectivity index (χ4v) is 4.95. The van der Waals surface area contributed by atoms with Crippen molar-refractivity contribution in [1.82, 2.24) is 14.8 Å². The first-order valence-corrected chi connectivity index (χ1v) is 10.8. The highest BCUT2D eigenvalue weighted by molar-refractivity contribution is 7.99. The van der Waals surface area contributed by atoms with Gasteiger partial charge in [-0.15, -0.1) is 0 Å². The highest BCUT2D eigenvalue weighted by Crippen LogP contribution is 2.38. The number of nitrogens with zero attached hydrogens (tertiary/aromatic N) is 3. The van der Waals surface area contributed by atoms with E-state index in [9.17, 15) is 4.79 Å².